The Kier molecular flexibility index (Phi) is 10.3. The van der Waals surface area contributed by atoms with Gasteiger partial charge >= 0.3 is 6.03 Å². The summed E-state index contributed by atoms with van der Waals surface area (Å²) in [6.07, 6.45) is 13.1. The van der Waals surface area contributed by atoms with E-state index in [1.807, 2.05) is 30.4 Å². The first-order valence-corrected chi connectivity index (χ1v) is 21.2. The molecule has 3 N–H and O–H groups in total. The Morgan fingerprint density at radius 1 is 1.07 bits per heavy atom. The summed E-state index contributed by atoms with van der Waals surface area (Å²) >= 11 is 0. The summed E-state index contributed by atoms with van der Waals surface area (Å²) in [5.74, 6) is -2.17. The lowest BCUT2D eigenvalue weighted by Crippen LogP contribution is -2.59. The van der Waals surface area contributed by atoms with Gasteiger partial charge in [0.1, 0.15) is 23.7 Å². The van der Waals surface area contributed by atoms with Crippen LogP contribution in [0.2, 0.25) is 0 Å². The van der Waals surface area contributed by atoms with Crippen LogP contribution in [0.5, 0.6) is 5.88 Å². The van der Waals surface area contributed by atoms with Crippen molar-refractivity contribution in [3.05, 3.63) is 48.7 Å². The van der Waals surface area contributed by atoms with Crippen molar-refractivity contribution in [2.24, 2.45) is 11.8 Å². The maximum absolute atomic E-state index is 14.8. The van der Waals surface area contributed by atoms with Crippen molar-refractivity contribution in [2.75, 3.05) is 26.2 Å². The van der Waals surface area contributed by atoms with Crippen molar-refractivity contribution in [3.8, 4) is 5.88 Å². The lowest BCUT2D eigenvalue weighted by Gasteiger charge is -2.33. The molecule has 8 rings (SSSR count). The number of hydrogen-bond donors (Lipinski definition) is 3. The summed E-state index contributed by atoms with van der Waals surface area (Å²) in [4.78, 5) is 69.0. The van der Waals surface area contributed by atoms with E-state index in [2.05, 4.69) is 26.9 Å². The van der Waals surface area contributed by atoms with Gasteiger partial charge in [0.15, 0.2) is 5.65 Å². The number of carbonyl (C=O) groups is 4. The minimum absolute atomic E-state index is 0.0148. The van der Waals surface area contributed by atoms with Crippen LogP contribution in [0.25, 0.3) is 17.1 Å². The highest BCUT2D eigenvalue weighted by atomic mass is 32.2. The Morgan fingerprint density at radius 3 is 2.65 bits per heavy atom. The quantitative estimate of drug-likeness (QED) is 0.353. The number of amides is 5. The van der Waals surface area contributed by atoms with E-state index in [1.54, 1.807) is 11.1 Å². The van der Waals surface area contributed by atoms with Crippen LogP contribution >= 0.6 is 0 Å². The third kappa shape index (κ3) is 7.80. The smallest absolute Gasteiger partial charge is 0.318 e. The fourth-order valence-electron chi connectivity index (χ4n) is 8.56. The topological polar surface area (TPSA) is 189 Å². The number of fused-ring (bicyclic) bond motifs is 6. The van der Waals surface area contributed by atoms with E-state index in [1.165, 1.54) is 11.0 Å². The van der Waals surface area contributed by atoms with Crippen LogP contribution in [0.3, 0.4) is 0 Å². The number of rotatable bonds is 7. The Balaban J connectivity index is 1.12. The Morgan fingerprint density at radius 2 is 1.89 bits per heavy atom. The van der Waals surface area contributed by atoms with Crippen LogP contribution < -0.4 is 20.1 Å². The zero-order valence-electron chi connectivity index (χ0n) is 30.9. The Hall–Kier alpha value is -4.57. The highest BCUT2D eigenvalue weighted by molar-refractivity contribution is 7.91. The zero-order chi connectivity index (χ0) is 38.3. The fraction of sp³-hybridized carbons (Fsp3) is 0.590. The minimum atomic E-state index is -3.89. The van der Waals surface area contributed by atoms with E-state index in [4.69, 9.17) is 14.5 Å². The van der Waals surface area contributed by atoms with Crippen molar-refractivity contribution in [1.29, 1.82) is 0 Å². The average molecular weight is 776 g/mol. The van der Waals surface area contributed by atoms with Gasteiger partial charge in [-0.25, -0.2) is 18.2 Å². The molecular weight excluding hydrogens is 727 g/mol. The molecule has 5 amide bonds. The first-order chi connectivity index (χ1) is 26.5. The van der Waals surface area contributed by atoms with E-state index in [-0.39, 0.29) is 37.4 Å². The molecule has 2 saturated heterocycles. The monoisotopic (exact) mass is 775 g/mol. The zero-order valence-corrected chi connectivity index (χ0v) is 31.7. The lowest BCUT2D eigenvalue weighted by molar-refractivity contribution is -0.142. The van der Waals surface area contributed by atoms with Crippen molar-refractivity contribution < 1.29 is 37.1 Å². The predicted octanol–water partition coefficient (Wildman–Crippen LogP) is 2.81. The van der Waals surface area contributed by atoms with E-state index in [0.29, 0.717) is 56.0 Å². The van der Waals surface area contributed by atoms with Crippen LogP contribution in [-0.4, -0.2) is 113 Å². The number of carbonyl (C=O) groups excluding carboxylic acids is 4. The molecule has 0 spiro atoms. The summed E-state index contributed by atoms with van der Waals surface area (Å²) in [7, 11) is -3.89. The average Bonchev–Trinajstić information content (AvgIpc) is 3.94. The molecule has 0 radical (unpaired) electrons. The number of pyridine rings is 2. The number of nitrogens with one attached hydrogen (secondary N) is 3. The van der Waals surface area contributed by atoms with E-state index < -0.39 is 62.6 Å². The molecule has 3 aliphatic heterocycles. The maximum Gasteiger partial charge on any atom is 0.318 e. The molecule has 55 heavy (non-hydrogen) atoms. The molecule has 5 heterocycles. The van der Waals surface area contributed by atoms with Gasteiger partial charge in [0.2, 0.25) is 27.7 Å². The van der Waals surface area contributed by atoms with Gasteiger partial charge in [0.05, 0.1) is 17.9 Å². The Bertz CT molecular complexity index is 2000. The third-order valence-corrected chi connectivity index (χ3v) is 13.8. The molecule has 6 aliphatic rings. The molecule has 0 aromatic carbocycles. The summed E-state index contributed by atoms with van der Waals surface area (Å²) < 4.78 is 40.4. The van der Waals surface area contributed by atoms with Crippen molar-refractivity contribution in [3.63, 3.8) is 0 Å². The van der Waals surface area contributed by atoms with Gasteiger partial charge in [-0.15, -0.1) is 6.58 Å². The van der Waals surface area contributed by atoms with Gasteiger partial charge in [-0.3, -0.25) is 19.1 Å². The second-order valence-corrected chi connectivity index (χ2v) is 17.8. The number of sulfonamides is 1. The largest absolute Gasteiger partial charge is 0.472 e. The van der Waals surface area contributed by atoms with E-state index in [0.717, 1.165) is 43.9 Å². The summed E-state index contributed by atoms with van der Waals surface area (Å²) in [6, 6.07) is 3.36. The van der Waals surface area contributed by atoms with E-state index in [9.17, 15) is 27.6 Å². The molecule has 2 aromatic rings. The number of allylic oxidation sites excluding steroid dienone is 1. The second-order valence-electron chi connectivity index (χ2n) is 15.8. The summed E-state index contributed by atoms with van der Waals surface area (Å²) in [5.41, 5.74) is -0.336. The molecular formula is C39H49N7O8S. The lowest BCUT2D eigenvalue weighted by atomic mass is 9.96. The highest BCUT2D eigenvalue weighted by Crippen LogP contribution is 2.45. The molecule has 294 valence electrons. The highest BCUT2D eigenvalue weighted by Gasteiger charge is 2.62. The molecule has 5 fully saturated rings. The number of nitrogens with zero attached hydrogens (tertiary/aromatic N) is 4. The maximum atomic E-state index is 14.8. The summed E-state index contributed by atoms with van der Waals surface area (Å²) in [6.45, 7) is 5.29. The molecule has 3 saturated carbocycles. The van der Waals surface area contributed by atoms with Gasteiger partial charge in [-0.2, -0.15) is 4.98 Å². The molecule has 0 unspecified atom stereocenters. The van der Waals surface area contributed by atoms with Gasteiger partial charge in [0.25, 0.3) is 5.91 Å². The predicted molar refractivity (Wildman–Crippen MR) is 202 cm³/mol. The normalized spacial score (nSPS) is 30.4. The van der Waals surface area contributed by atoms with Crippen molar-refractivity contribution >= 4 is 50.9 Å². The van der Waals surface area contributed by atoms with Gasteiger partial charge in [-0.05, 0) is 75.5 Å². The Labute approximate surface area is 320 Å². The van der Waals surface area contributed by atoms with Gasteiger partial charge in [-0.1, -0.05) is 31.1 Å². The first kappa shape index (κ1) is 37.4. The molecule has 4 bridgehead atoms. The molecule has 3 aliphatic carbocycles. The second kappa shape index (κ2) is 15.2. The van der Waals surface area contributed by atoms with Crippen LogP contribution in [0.15, 0.2) is 43.1 Å². The van der Waals surface area contributed by atoms with Crippen LogP contribution in [0, 0.1) is 11.8 Å². The first-order valence-electron chi connectivity index (χ1n) is 19.6. The van der Waals surface area contributed by atoms with Gasteiger partial charge < -0.3 is 29.9 Å². The number of aromatic nitrogens is 2. The fourth-order valence-corrected chi connectivity index (χ4v) is 9.92. The minimum Gasteiger partial charge on any atom is -0.472 e. The molecule has 16 heteroatoms. The van der Waals surface area contributed by atoms with Crippen LogP contribution in [0.1, 0.15) is 76.2 Å². The van der Waals surface area contributed by atoms with Crippen LogP contribution in [-0.2, 0) is 29.1 Å². The van der Waals surface area contributed by atoms with Crippen LogP contribution in [0.4, 0.5) is 4.79 Å². The number of hydrogen-bond acceptors (Lipinski definition) is 10. The van der Waals surface area contributed by atoms with Crippen molar-refractivity contribution in [1.82, 2.24) is 35.1 Å². The third-order valence-electron chi connectivity index (χ3n) is 12.0. The SMILES string of the molecule is C=C[C@@H]1C[C@]1(NC(=O)[C@@H]1C[C@@H]2CN1C(=O)[C@H](C1CCCC1)NC(=O)N1CC[C@@H](C1)OCCCC=Cc1cc3cccnc3nc1O2)C(=O)NS(=O)(=O)C1CC1. The van der Waals surface area contributed by atoms with E-state index >= 15 is 0 Å². The summed E-state index contributed by atoms with van der Waals surface area (Å²) in [5, 5.41) is 6.11. The van der Waals surface area contributed by atoms with Gasteiger partial charge in [0, 0.05) is 49.2 Å². The van der Waals surface area contributed by atoms with Crippen molar-refractivity contribution in [2.45, 2.75) is 106 Å². The number of ether oxygens (including phenoxy) is 2. The molecule has 6 atom stereocenters. The molecule has 2 aromatic heterocycles. The molecule has 15 nitrogen and oxygen atoms in total. The number of urea groups is 1. The standard InChI is InChI=1S/C39H49N7O8S/c1-2-27-21-39(27,37(49)44-55(51,52)30-13-14-30)43-34(47)31-20-29-23-46(31)36(48)32(24-9-5-6-10-24)41-38(50)45-17-15-28(22-45)53-18-7-3-4-11-26-19-25-12-8-16-40-33(25)42-35(26)54-29/h2,4,8,11-12,16,19,24,27-32H,1,3,5-7,9-10,13-15,17-18,20-23H2,(H,41,50)(H,43,47)(H,44,49)/t27-,28+,29-,31+,32+,39-/m1/s1.